The molecule has 100 valence electrons. The van der Waals surface area contributed by atoms with Gasteiger partial charge in [0.1, 0.15) is 5.75 Å². The lowest BCUT2D eigenvalue weighted by molar-refractivity contribution is -0.556. The van der Waals surface area contributed by atoms with Crippen LogP contribution in [0.3, 0.4) is 0 Å². The topological polar surface area (TPSA) is 64.4 Å². The molecule has 18 heavy (non-hydrogen) atoms. The molecule has 1 rings (SSSR count). The Hall–Kier alpha value is -1.92. The zero-order valence-corrected chi connectivity index (χ0v) is 10.0. The summed E-state index contributed by atoms with van der Waals surface area (Å²) in [5.41, 5.74) is -0.496. The number of rotatable bonds is 6. The largest absolute Gasteiger partial charge is 0.435 e. The van der Waals surface area contributed by atoms with Crippen LogP contribution >= 0.6 is 0 Å². The second-order valence-electron chi connectivity index (χ2n) is 4.33. The molecule has 0 aliphatic carbocycles. The minimum Gasteiger partial charge on any atom is -0.435 e. The van der Waals surface area contributed by atoms with Crippen molar-refractivity contribution in [1.29, 1.82) is 0 Å². The highest BCUT2D eigenvalue weighted by Crippen LogP contribution is 2.18. The van der Waals surface area contributed by atoms with E-state index < -0.39 is 12.2 Å². The van der Waals surface area contributed by atoms with Gasteiger partial charge in [-0.25, -0.2) is 0 Å². The predicted molar refractivity (Wildman–Crippen MR) is 62.6 cm³/mol. The van der Waals surface area contributed by atoms with E-state index in [-0.39, 0.29) is 17.2 Å². The number of nitrogens with one attached hydrogen (secondary N) is 1. The second kappa shape index (κ2) is 5.61. The van der Waals surface area contributed by atoms with E-state index in [0.717, 1.165) is 0 Å². The van der Waals surface area contributed by atoms with Gasteiger partial charge >= 0.3 is 6.61 Å². The molecule has 0 unspecified atom stereocenters. The first-order chi connectivity index (χ1) is 8.31. The van der Waals surface area contributed by atoms with Gasteiger partial charge in [-0.05, 0) is 24.3 Å². The first kappa shape index (κ1) is 14.1. The average molecular weight is 260 g/mol. The van der Waals surface area contributed by atoms with Crippen molar-refractivity contribution in [2.45, 2.75) is 26.0 Å². The number of nitrogens with zero attached hydrogens (tertiary/aromatic N) is 1. The van der Waals surface area contributed by atoms with E-state index in [4.69, 9.17) is 0 Å². The van der Waals surface area contributed by atoms with Gasteiger partial charge in [-0.3, -0.25) is 10.1 Å². The van der Waals surface area contributed by atoms with Gasteiger partial charge in [0.05, 0.1) is 6.54 Å². The third kappa shape index (κ3) is 4.15. The van der Waals surface area contributed by atoms with E-state index in [9.17, 15) is 18.9 Å². The van der Waals surface area contributed by atoms with Crippen LogP contribution in [0.15, 0.2) is 24.3 Å². The number of anilines is 1. The normalized spacial score (nSPS) is 11.4. The van der Waals surface area contributed by atoms with Crippen molar-refractivity contribution >= 4 is 5.69 Å². The minimum atomic E-state index is -2.86. The molecule has 0 aliphatic rings. The Kier molecular flexibility index (Phi) is 4.41. The predicted octanol–water partition coefficient (Wildman–Crippen LogP) is 2.76. The minimum absolute atomic E-state index is 0.0455. The standard InChI is InChI=1S/C11H14F2N2O3/c1-11(2,15(16)17)7-14-8-3-5-9(6-4-8)18-10(12)13/h3-6,10,14H,7H2,1-2H3. The third-order valence-electron chi connectivity index (χ3n) is 2.30. The fourth-order valence-corrected chi connectivity index (χ4v) is 1.14. The molecule has 0 aromatic heterocycles. The molecule has 0 fully saturated rings. The van der Waals surface area contributed by atoms with Crippen molar-refractivity contribution in [2.24, 2.45) is 0 Å². The van der Waals surface area contributed by atoms with Crippen LogP contribution in [-0.4, -0.2) is 23.6 Å². The number of alkyl halides is 2. The highest BCUT2D eigenvalue weighted by atomic mass is 19.3. The van der Waals surface area contributed by atoms with E-state index in [1.807, 2.05) is 0 Å². The Labute approximate surface area is 103 Å². The van der Waals surface area contributed by atoms with Gasteiger partial charge in [0.25, 0.3) is 0 Å². The van der Waals surface area contributed by atoms with E-state index in [2.05, 4.69) is 10.1 Å². The molecule has 0 aliphatic heterocycles. The molecule has 5 nitrogen and oxygen atoms in total. The molecule has 0 saturated heterocycles. The van der Waals surface area contributed by atoms with Crippen molar-refractivity contribution in [3.8, 4) is 5.75 Å². The Morgan fingerprint density at radius 1 is 1.39 bits per heavy atom. The summed E-state index contributed by atoms with van der Waals surface area (Å²) in [7, 11) is 0. The number of nitro groups is 1. The van der Waals surface area contributed by atoms with Gasteiger partial charge in [0.2, 0.25) is 5.54 Å². The Balaban J connectivity index is 2.57. The molecule has 0 spiro atoms. The molecule has 0 bridgehead atoms. The smallest absolute Gasteiger partial charge is 0.387 e. The van der Waals surface area contributed by atoms with E-state index in [1.165, 1.54) is 38.1 Å². The maximum absolute atomic E-state index is 11.9. The molecule has 1 aromatic carbocycles. The summed E-state index contributed by atoms with van der Waals surface area (Å²) in [5, 5.41) is 13.5. The highest BCUT2D eigenvalue weighted by Gasteiger charge is 2.30. The number of hydrogen-bond acceptors (Lipinski definition) is 4. The molecular formula is C11H14F2N2O3. The quantitative estimate of drug-likeness (QED) is 0.631. The van der Waals surface area contributed by atoms with Crippen molar-refractivity contribution in [3.05, 3.63) is 34.4 Å². The molecule has 7 heteroatoms. The summed E-state index contributed by atoms with van der Waals surface area (Å²) < 4.78 is 28.0. The van der Waals surface area contributed by atoms with Gasteiger partial charge in [-0.2, -0.15) is 8.78 Å². The fourth-order valence-electron chi connectivity index (χ4n) is 1.14. The number of ether oxygens (including phenoxy) is 1. The monoisotopic (exact) mass is 260 g/mol. The molecule has 0 radical (unpaired) electrons. The molecule has 1 N–H and O–H groups in total. The van der Waals surface area contributed by atoms with Gasteiger partial charge in [-0.15, -0.1) is 0 Å². The SMILES string of the molecule is CC(C)(CNc1ccc(OC(F)F)cc1)[N+](=O)[O-]. The lowest BCUT2D eigenvalue weighted by Crippen LogP contribution is -2.38. The van der Waals surface area contributed by atoms with Crippen LogP contribution in [0.4, 0.5) is 14.5 Å². The summed E-state index contributed by atoms with van der Waals surface area (Å²) in [6, 6.07) is 5.78. The van der Waals surface area contributed by atoms with Crippen LogP contribution in [0.1, 0.15) is 13.8 Å². The first-order valence-electron chi connectivity index (χ1n) is 5.24. The summed E-state index contributed by atoms with van der Waals surface area (Å²) in [4.78, 5) is 10.3. The zero-order valence-electron chi connectivity index (χ0n) is 10.0. The van der Waals surface area contributed by atoms with Crippen LogP contribution in [-0.2, 0) is 0 Å². The second-order valence-corrected chi connectivity index (χ2v) is 4.33. The Morgan fingerprint density at radius 2 is 1.94 bits per heavy atom. The summed E-state index contributed by atoms with van der Waals surface area (Å²) in [6.07, 6.45) is 0. The van der Waals surface area contributed by atoms with Gasteiger partial charge in [0.15, 0.2) is 0 Å². The molecule has 0 saturated carbocycles. The number of benzene rings is 1. The van der Waals surface area contributed by atoms with Crippen molar-refractivity contribution in [1.82, 2.24) is 0 Å². The molecule has 0 amide bonds. The van der Waals surface area contributed by atoms with Crippen molar-refractivity contribution < 1.29 is 18.4 Å². The fraction of sp³-hybridized carbons (Fsp3) is 0.455. The molecule has 1 aromatic rings. The summed E-state index contributed by atoms with van der Waals surface area (Å²) >= 11 is 0. The number of halogens is 2. The van der Waals surface area contributed by atoms with Crippen LogP contribution in [0.2, 0.25) is 0 Å². The molecule has 0 heterocycles. The van der Waals surface area contributed by atoms with E-state index >= 15 is 0 Å². The average Bonchev–Trinajstić information content (AvgIpc) is 2.27. The third-order valence-corrected chi connectivity index (χ3v) is 2.30. The van der Waals surface area contributed by atoms with Gasteiger partial charge in [0, 0.05) is 24.5 Å². The lowest BCUT2D eigenvalue weighted by Gasteiger charge is -2.17. The molecule has 0 atom stereocenters. The van der Waals surface area contributed by atoms with E-state index in [0.29, 0.717) is 5.69 Å². The summed E-state index contributed by atoms with van der Waals surface area (Å²) in [6.45, 7) is 0.259. The van der Waals surface area contributed by atoms with Gasteiger partial charge < -0.3 is 10.1 Å². The van der Waals surface area contributed by atoms with Crippen LogP contribution in [0, 0.1) is 10.1 Å². The van der Waals surface area contributed by atoms with Crippen LogP contribution < -0.4 is 10.1 Å². The van der Waals surface area contributed by atoms with Crippen LogP contribution in [0.25, 0.3) is 0 Å². The maximum atomic E-state index is 11.9. The van der Waals surface area contributed by atoms with Crippen molar-refractivity contribution in [2.75, 3.05) is 11.9 Å². The van der Waals surface area contributed by atoms with Crippen molar-refractivity contribution in [3.63, 3.8) is 0 Å². The maximum Gasteiger partial charge on any atom is 0.387 e. The van der Waals surface area contributed by atoms with Crippen LogP contribution in [0.5, 0.6) is 5.75 Å². The molecular weight excluding hydrogens is 246 g/mol. The first-order valence-corrected chi connectivity index (χ1v) is 5.24. The Bertz CT molecular complexity index is 407. The number of hydrogen-bond donors (Lipinski definition) is 1. The van der Waals surface area contributed by atoms with Gasteiger partial charge in [-0.1, -0.05) is 0 Å². The lowest BCUT2D eigenvalue weighted by atomic mass is 10.1. The summed E-state index contributed by atoms with van der Waals surface area (Å²) in [5.74, 6) is 0.0455. The highest BCUT2D eigenvalue weighted by molar-refractivity contribution is 5.46. The Morgan fingerprint density at radius 3 is 2.39 bits per heavy atom. The zero-order chi connectivity index (χ0) is 13.8. The van der Waals surface area contributed by atoms with E-state index in [1.54, 1.807) is 0 Å².